The van der Waals surface area contributed by atoms with Gasteiger partial charge in [-0.25, -0.2) is 9.59 Å². The van der Waals surface area contributed by atoms with Gasteiger partial charge in [0.1, 0.15) is 19.3 Å². The maximum Gasteiger partial charge on any atom is 0.408 e. The van der Waals surface area contributed by atoms with Crippen molar-refractivity contribution < 1.29 is 32.0 Å². The van der Waals surface area contributed by atoms with Crippen LogP contribution in [0.3, 0.4) is 0 Å². The number of benzene rings is 3. The van der Waals surface area contributed by atoms with Crippen molar-refractivity contribution >= 4 is 28.1 Å². The van der Waals surface area contributed by atoms with Gasteiger partial charge in [-0.15, -0.1) is 0 Å². The molecular weight excluding hydrogens is 536 g/mol. The van der Waals surface area contributed by atoms with Crippen molar-refractivity contribution in [1.29, 1.82) is 0 Å². The SMILES string of the molecule is Cc1ccc(S(=O)(=O)O)cc1.NC(N)=NCCC[C@H](NC(=O)OCc1ccccc1)C(=O)OCc1ccccc1. The minimum atomic E-state index is -4.02. The van der Waals surface area contributed by atoms with E-state index in [1.54, 1.807) is 12.1 Å². The number of hydrogen-bond acceptors (Lipinski definition) is 7. The van der Waals surface area contributed by atoms with E-state index < -0.39 is 28.2 Å². The molecule has 0 aliphatic rings. The summed E-state index contributed by atoms with van der Waals surface area (Å²) in [5, 5.41) is 2.56. The molecule has 0 saturated heterocycles. The molecule has 0 aliphatic heterocycles. The second-order valence-electron chi connectivity index (χ2n) is 8.59. The number of amides is 1. The molecule has 0 unspecified atom stereocenters. The molecule has 0 spiro atoms. The average molecular weight is 571 g/mol. The quantitative estimate of drug-likeness (QED) is 0.0883. The van der Waals surface area contributed by atoms with E-state index in [0.29, 0.717) is 19.4 Å². The number of aryl methyl sites for hydroxylation is 1. The monoisotopic (exact) mass is 570 g/mol. The van der Waals surface area contributed by atoms with Crippen LogP contribution in [0.4, 0.5) is 4.79 Å². The smallest absolute Gasteiger partial charge is 0.408 e. The topological polar surface area (TPSA) is 183 Å². The third-order valence-corrected chi connectivity index (χ3v) is 6.15. The molecule has 12 heteroatoms. The molecule has 0 heterocycles. The van der Waals surface area contributed by atoms with Crippen LogP contribution in [0.2, 0.25) is 0 Å². The van der Waals surface area contributed by atoms with Crippen LogP contribution in [0.1, 0.15) is 29.5 Å². The lowest BCUT2D eigenvalue weighted by Gasteiger charge is -2.17. The van der Waals surface area contributed by atoms with E-state index in [4.69, 9.17) is 25.5 Å². The van der Waals surface area contributed by atoms with Crippen molar-refractivity contribution in [1.82, 2.24) is 5.32 Å². The first-order chi connectivity index (χ1) is 19.0. The molecule has 1 amide bonds. The first-order valence-electron chi connectivity index (χ1n) is 12.3. The van der Waals surface area contributed by atoms with Crippen LogP contribution in [0, 0.1) is 6.92 Å². The molecule has 0 aliphatic carbocycles. The normalized spacial score (nSPS) is 11.2. The number of ether oxygens (including phenoxy) is 2. The molecule has 0 saturated carbocycles. The second-order valence-corrected chi connectivity index (χ2v) is 10.0. The number of carbonyl (C=O) groups excluding carboxylic acids is 2. The number of carbonyl (C=O) groups is 2. The molecule has 0 bridgehead atoms. The number of nitrogens with one attached hydrogen (secondary N) is 1. The van der Waals surface area contributed by atoms with E-state index in [1.165, 1.54) is 12.1 Å². The van der Waals surface area contributed by atoms with Crippen LogP contribution < -0.4 is 16.8 Å². The Kier molecular flexibility index (Phi) is 13.1. The number of hydrogen-bond donors (Lipinski definition) is 4. The molecule has 3 aromatic rings. The summed E-state index contributed by atoms with van der Waals surface area (Å²) in [7, 11) is -4.02. The number of nitrogens with two attached hydrogens (primary N) is 2. The zero-order valence-corrected chi connectivity index (χ0v) is 22.9. The van der Waals surface area contributed by atoms with E-state index in [2.05, 4.69) is 10.3 Å². The predicted octanol–water partition coefficient (Wildman–Crippen LogP) is 3.32. The number of esters is 1. The van der Waals surface area contributed by atoms with E-state index in [9.17, 15) is 18.0 Å². The fourth-order valence-corrected chi connectivity index (χ4v) is 3.68. The van der Waals surface area contributed by atoms with E-state index >= 15 is 0 Å². The highest BCUT2D eigenvalue weighted by atomic mass is 32.2. The lowest BCUT2D eigenvalue weighted by molar-refractivity contribution is -0.147. The fourth-order valence-electron chi connectivity index (χ4n) is 3.20. The van der Waals surface area contributed by atoms with E-state index in [1.807, 2.05) is 67.6 Å². The Morgan fingerprint density at radius 2 is 1.40 bits per heavy atom. The first kappa shape index (κ1) is 31.8. The minimum absolute atomic E-state index is 0.0246. The third kappa shape index (κ3) is 12.9. The van der Waals surface area contributed by atoms with E-state index in [-0.39, 0.29) is 24.1 Å². The molecular formula is C28H34N4O7S. The molecule has 214 valence electrons. The number of guanidine groups is 1. The van der Waals surface area contributed by atoms with Gasteiger partial charge in [-0.2, -0.15) is 8.42 Å². The van der Waals surface area contributed by atoms with Gasteiger partial charge < -0.3 is 26.3 Å². The first-order valence-corrected chi connectivity index (χ1v) is 13.8. The van der Waals surface area contributed by atoms with Crippen molar-refractivity contribution in [2.45, 2.75) is 43.9 Å². The summed E-state index contributed by atoms with van der Waals surface area (Å²) in [6, 6.07) is 23.7. The van der Waals surface area contributed by atoms with Crippen molar-refractivity contribution in [3.8, 4) is 0 Å². The van der Waals surface area contributed by atoms with Gasteiger partial charge in [0.05, 0.1) is 4.90 Å². The predicted molar refractivity (Wildman–Crippen MR) is 151 cm³/mol. The van der Waals surface area contributed by atoms with Crippen LogP contribution in [-0.2, 0) is 37.6 Å². The van der Waals surface area contributed by atoms with Crippen molar-refractivity contribution in [2.75, 3.05) is 6.54 Å². The number of rotatable bonds is 11. The zero-order valence-electron chi connectivity index (χ0n) is 22.1. The average Bonchev–Trinajstić information content (AvgIpc) is 2.93. The number of aliphatic imine (C=N–C) groups is 1. The third-order valence-electron chi connectivity index (χ3n) is 5.28. The number of nitrogens with zero attached hydrogens (tertiary/aromatic N) is 1. The summed E-state index contributed by atoms with van der Waals surface area (Å²) >= 11 is 0. The van der Waals surface area contributed by atoms with Gasteiger partial charge in [0.25, 0.3) is 10.1 Å². The maximum atomic E-state index is 12.5. The number of alkyl carbamates (subject to hydrolysis) is 1. The van der Waals surface area contributed by atoms with Crippen molar-refractivity contribution in [3.05, 3.63) is 102 Å². The fraction of sp³-hybridized carbons (Fsp3) is 0.250. The summed E-state index contributed by atoms with van der Waals surface area (Å²) < 4.78 is 40.1. The molecule has 3 rings (SSSR count). The van der Waals surface area contributed by atoms with Crippen molar-refractivity contribution in [2.24, 2.45) is 16.5 Å². The largest absolute Gasteiger partial charge is 0.459 e. The van der Waals surface area contributed by atoms with Crippen LogP contribution in [0.15, 0.2) is 94.8 Å². The van der Waals surface area contributed by atoms with Crippen LogP contribution >= 0.6 is 0 Å². The van der Waals surface area contributed by atoms with Gasteiger partial charge in [0, 0.05) is 6.54 Å². The van der Waals surface area contributed by atoms with Crippen LogP contribution in [0.5, 0.6) is 0 Å². The highest BCUT2D eigenvalue weighted by Crippen LogP contribution is 2.09. The molecule has 0 fully saturated rings. The molecule has 11 nitrogen and oxygen atoms in total. The molecule has 40 heavy (non-hydrogen) atoms. The Labute approximate surface area is 234 Å². The summed E-state index contributed by atoms with van der Waals surface area (Å²) in [4.78, 5) is 28.4. The van der Waals surface area contributed by atoms with Gasteiger partial charge >= 0.3 is 12.1 Å². The standard InChI is InChI=1S/C21H26N4O4.C7H8O3S/c22-20(23)24-13-7-12-18(19(26)28-14-16-8-3-1-4-9-16)25-21(27)29-15-17-10-5-2-6-11-17;1-6-2-4-7(5-3-6)11(8,9)10/h1-6,8-11,18H,7,12-15H2,(H,25,27)(H4,22,23,24);2-5H,1H3,(H,8,9,10)/t18-;/m0./s1. The zero-order chi connectivity index (χ0) is 29.4. The minimum Gasteiger partial charge on any atom is -0.459 e. The van der Waals surface area contributed by atoms with Crippen LogP contribution in [-0.4, -0.2) is 43.6 Å². The Hall–Kier alpha value is -4.42. The van der Waals surface area contributed by atoms with Gasteiger partial charge in [0.2, 0.25) is 0 Å². The molecule has 6 N–H and O–H groups in total. The molecule has 3 aromatic carbocycles. The van der Waals surface area contributed by atoms with E-state index in [0.717, 1.165) is 16.7 Å². The Bertz CT molecular complexity index is 1330. The van der Waals surface area contributed by atoms with Crippen molar-refractivity contribution in [3.63, 3.8) is 0 Å². The second kappa shape index (κ2) is 16.5. The summed E-state index contributed by atoms with van der Waals surface area (Å²) in [5.74, 6) is -0.571. The summed E-state index contributed by atoms with van der Waals surface area (Å²) in [6.45, 7) is 2.40. The molecule has 0 radical (unpaired) electrons. The van der Waals surface area contributed by atoms with Gasteiger partial charge in [-0.3, -0.25) is 9.55 Å². The lowest BCUT2D eigenvalue weighted by atomic mass is 10.1. The lowest BCUT2D eigenvalue weighted by Crippen LogP contribution is -2.42. The van der Waals surface area contributed by atoms with Gasteiger partial charge in [-0.1, -0.05) is 78.4 Å². The summed E-state index contributed by atoms with van der Waals surface area (Å²) in [6.07, 6.45) is 0.102. The molecule has 0 aromatic heterocycles. The highest BCUT2D eigenvalue weighted by molar-refractivity contribution is 7.85. The van der Waals surface area contributed by atoms with Crippen LogP contribution in [0.25, 0.3) is 0 Å². The highest BCUT2D eigenvalue weighted by Gasteiger charge is 2.23. The summed E-state index contributed by atoms with van der Waals surface area (Å²) in [5.41, 5.74) is 13.3. The Balaban J connectivity index is 0.000000425. The maximum absolute atomic E-state index is 12.5. The molecule has 1 atom stereocenters. The Morgan fingerprint density at radius 3 is 1.90 bits per heavy atom. The van der Waals surface area contributed by atoms with Gasteiger partial charge in [0.15, 0.2) is 5.96 Å². The Morgan fingerprint density at radius 1 is 0.875 bits per heavy atom. The van der Waals surface area contributed by atoms with Gasteiger partial charge in [-0.05, 0) is 43.0 Å².